The SMILES string of the molecule is CC.[B]c1nc(C)ncc1I. The second-order valence-corrected chi connectivity index (χ2v) is 2.81. The summed E-state index contributed by atoms with van der Waals surface area (Å²) in [5.41, 5.74) is 0.558. The van der Waals surface area contributed by atoms with Crippen molar-refractivity contribution in [2.45, 2.75) is 20.8 Å². The molecule has 2 radical (unpaired) electrons. The summed E-state index contributed by atoms with van der Waals surface area (Å²) in [4.78, 5) is 7.87. The highest BCUT2D eigenvalue weighted by Crippen LogP contribution is 1.94. The third-order valence-electron chi connectivity index (χ3n) is 0.892. The molecule has 0 aliphatic rings. The van der Waals surface area contributed by atoms with Crippen molar-refractivity contribution in [2.75, 3.05) is 0 Å². The first-order valence-electron chi connectivity index (χ1n) is 3.45. The van der Waals surface area contributed by atoms with Crippen molar-refractivity contribution in [3.8, 4) is 0 Å². The molecule has 11 heavy (non-hydrogen) atoms. The van der Waals surface area contributed by atoms with Gasteiger partial charge in [0.15, 0.2) is 0 Å². The fraction of sp³-hybridized carbons (Fsp3) is 0.429. The highest BCUT2D eigenvalue weighted by atomic mass is 127. The molecule has 0 unspecified atom stereocenters. The van der Waals surface area contributed by atoms with Crippen LogP contribution < -0.4 is 5.59 Å². The van der Waals surface area contributed by atoms with E-state index in [2.05, 4.69) is 32.6 Å². The topological polar surface area (TPSA) is 25.8 Å². The molecule has 0 saturated carbocycles. The standard InChI is InChI=1S/C5H4BIN2.C2H6/c1-3-8-2-4(7)5(6)9-3;1-2/h2H,1H3;1-2H3. The van der Waals surface area contributed by atoms with Crippen LogP contribution in [0.15, 0.2) is 6.20 Å². The van der Waals surface area contributed by atoms with Crippen molar-refractivity contribution >= 4 is 36.0 Å². The van der Waals surface area contributed by atoms with Crippen LogP contribution in [0.5, 0.6) is 0 Å². The number of rotatable bonds is 0. The number of hydrogen-bond donors (Lipinski definition) is 0. The summed E-state index contributed by atoms with van der Waals surface area (Å²) in [6.07, 6.45) is 1.71. The highest BCUT2D eigenvalue weighted by molar-refractivity contribution is 14.1. The summed E-state index contributed by atoms with van der Waals surface area (Å²) in [5.74, 6) is 0.716. The van der Waals surface area contributed by atoms with Crippen LogP contribution >= 0.6 is 22.6 Å². The van der Waals surface area contributed by atoms with Gasteiger partial charge in [0.05, 0.1) is 0 Å². The minimum atomic E-state index is 0.558. The summed E-state index contributed by atoms with van der Waals surface area (Å²) in [6, 6.07) is 0. The molecular weight excluding hydrogens is 250 g/mol. The van der Waals surface area contributed by atoms with E-state index in [1.807, 2.05) is 20.8 Å². The summed E-state index contributed by atoms with van der Waals surface area (Å²) >= 11 is 2.09. The first-order chi connectivity index (χ1) is 5.20. The lowest BCUT2D eigenvalue weighted by atomic mass is 10.1. The van der Waals surface area contributed by atoms with Gasteiger partial charge in [0.25, 0.3) is 0 Å². The van der Waals surface area contributed by atoms with Crippen molar-refractivity contribution in [3.05, 3.63) is 15.6 Å². The van der Waals surface area contributed by atoms with E-state index in [1.54, 1.807) is 6.20 Å². The van der Waals surface area contributed by atoms with E-state index >= 15 is 0 Å². The molecule has 0 saturated heterocycles. The first kappa shape index (κ1) is 10.9. The third kappa shape index (κ3) is 3.69. The van der Waals surface area contributed by atoms with Gasteiger partial charge in [0.1, 0.15) is 13.7 Å². The van der Waals surface area contributed by atoms with E-state index in [0.29, 0.717) is 11.4 Å². The molecule has 0 aliphatic heterocycles. The molecule has 1 rings (SSSR count). The monoisotopic (exact) mass is 260 g/mol. The first-order valence-corrected chi connectivity index (χ1v) is 4.52. The van der Waals surface area contributed by atoms with E-state index in [9.17, 15) is 0 Å². The molecule has 2 nitrogen and oxygen atoms in total. The Labute approximate surface area is 82.4 Å². The third-order valence-corrected chi connectivity index (χ3v) is 1.72. The quantitative estimate of drug-likeness (QED) is 0.517. The molecule has 0 bridgehead atoms. The number of halogens is 1. The zero-order valence-corrected chi connectivity index (χ0v) is 9.08. The molecule has 0 spiro atoms. The predicted octanol–water partition coefficient (Wildman–Crippen LogP) is 1.21. The Morgan fingerprint density at radius 1 is 1.45 bits per heavy atom. The molecule has 4 heteroatoms. The fourth-order valence-electron chi connectivity index (χ4n) is 0.473. The van der Waals surface area contributed by atoms with Gasteiger partial charge in [-0.15, -0.1) is 0 Å². The molecular formula is C7H10BIN2. The van der Waals surface area contributed by atoms with Gasteiger partial charge in [0, 0.05) is 15.4 Å². The molecule has 0 aromatic carbocycles. The van der Waals surface area contributed by atoms with E-state index in [-0.39, 0.29) is 0 Å². The van der Waals surface area contributed by atoms with Gasteiger partial charge >= 0.3 is 0 Å². The summed E-state index contributed by atoms with van der Waals surface area (Å²) in [6.45, 7) is 5.81. The zero-order chi connectivity index (χ0) is 8.85. The van der Waals surface area contributed by atoms with Crippen molar-refractivity contribution in [1.29, 1.82) is 0 Å². The number of hydrogen-bond acceptors (Lipinski definition) is 2. The fourth-order valence-corrected chi connectivity index (χ4v) is 0.733. The van der Waals surface area contributed by atoms with E-state index < -0.39 is 0 Å². The molecule has 58 valence electrons. The van der Waals surface area contributed by atoms with Crippen LogP contribution in [0.25, 0.3) is 0 Å². The maximum atomic E-state index is 5.46. The normalized spacial score (nSPS) is 8.36. The van der Waals surface area contributed by atoms with Gasteiger partial charge < -0.3 is 0 Å². The maximum absolute atomic E-state index is 5.46. The van der Waals surface area contributed by atoms with Crippen LogP contribution in [0.2, 0.25) is 0 Å². The van der Waals surface area contributed by atoms with Gasteiger partial charge in [-0.05, 0) is 29.5 Å². The molecule has 1 heterocycles. The highest BCUT2D eigenvalue weighted by Gasteiger charge is 1.93. The lowest BCUT2D eigenvalue weighted by Gasteiger charge is -1.95. The van der Waals surface area contributed by atoms with E-state index in [1.165, 1.54) is 0 Å². The zero-order valence-electron chi connectivity index (χ0n) is 6.93. The van der Waals surface area contributed by atoms with E-state index in [4.69, 9.17) is 7.85 Å². The maximum Gasteiger partial charge on any atom is 0.143 e. The van der Waals surface area contributed by atoms with Crippen molar-refractivity contribution in [2.24, 2.45) is 0 Å². The van der Waals surface area contributed by atoms with Gasteiger partial charge in [-0.1, -0.05) is 13.8 Å². The average Bonchev–Trinajstić information content (AvgIpc) is 2.02. The van der Waals surface area contributed by atoms with Gasteiger partial charge in [0.2, 0.25) is 0 Å². The smallest absolute Gasteiger partial charge is 0.143 e. The molecule has 0 atom stereocenters. The Bertz CT molecular complexity index is 228. The minimum Gasteiger partial charge on any atom is -0.249 e. The number of aromatic nitrogens is 2. The van der Waals surface area contributed by atoms with E-state index in [0.717, 1.165) is 3.57 Å². The summed E-state index contributed by atoms with van der Waals surface area (Å²) in [5, 5.41) is 0. The van der Waals surface area contributed by atoms with Crippen LogP contribution in [-0.4, -0.2) is 17.8 Å². The van der Waals surface area contributed by atoms with Crippen molar-refractivity contribution in [3.63, 3.8) is 0 Å². The van der Waals surface area contributed by atoms with Crippen molar-refractivity contribution < 1.29 is 0 Å². The Morgan fingerprint density at radius 2 is 2.00 bits per heavy atom. The van der Waals surface area contributed by atoms with Gasteiger partial charge in [-0.2, -0.15) is 0 Å². The lowest BCUT2D eigenvalue weighted by molar-refractivity contribution is 1.07. The average molecular weight is 260 g/mol. The van der Waals surface area contributed by atoms with Crippen LogP contribution in [0.4, 0.5) is 0 Å². The molecule has 0 N–H and O–H groups in total. The van der Waals surface area contributed by atoms with Gasteiger partial charge in [-0.3, -0.25) is 0 Å². The number of aryl methyl sites for hydroxylation is 1. The molecule has 1 aromatic heterocycles. The lowest BCUT2D eigenvalue weighted by Crippen LogP contribution is -2.14. The van der Waals surface area contributed by atoms with Crippen LogP contribution in [0.1, 0.15) is 19.7 Å². The second kappa shape index (κ2) is 5.52. The minimum absolute atomic E-state index is 0.558. The van der Waals surface area contributed by atoms with Crippen LogP contribution in [0, 0.1) is 10.5 Å². The molecule has 0 amide bonds. The van der Waals surface area contributed by atoms with Crippen molar-refractivity contribution in [1.82, 2.24) is 9.97 Å². The molecule has 0 fully saturated rings. The predicted molar refractivity (Wildman–Crippen MR) is 56.2 cm³/mol. The number of nitrogens with zero attached hydrogens (tertiary/aromatic N) is 2. The Balaban J connectivity index is 0.000000461. The van der Waals surface area contributed by atoms with Crippen LogP contribution in [0.3, 0.4) is 0 Å². The summed E-state index contributed by atoms with van der Waals surface area (Å²) in [7, 11) is 5.46. The molecule has 1 aromatic rings. The Kier molecular flexibility index (Phi) is 5.45. The van der Waals surface area contributed by atoms with Gasteiger partial charge in [-0.25, -0.2) is 9.97 Å². The summed E-state index contributed by atoms with van der Waals surface area (Å²) < 4.78 is 0.901. The molecule has 0 aliphatic carbocycles. The van der Waals surface area contributed by atoms with Crippen LogP contribution in [-0.2, 0) is 0 Å². The largest absolute Gasteiger partial charge is 0.249 e. The second-order valence-electron chi connectivity index (χ2n) is 1.65. The Morgan fingerprint density at radius 3 is 2.36 bits per heavy atom. The Hall–Kier alpha value is -0.125.